The lowest BCUT2D eigenvalue weighted by atomic mass is 9.95. The number of carbonyl (C=O) groups excluding carboxylic acids is 2. The van der Waals surface area contributed by atoms with E-state index in [1.54, 1.807) is 0 Å². The second-order valence-electron chi connectivity index (χ2n) is 5.74. The summed E-state index contributed by atoms with van der Waals surface area (Å²) in [7, 11) is 1.92. The maximum Gasteiger partial charge on any atom is 0.302 e. The Hall–Kier alpha value is -1.10. The Morgan fingerprint density at radius 1 is 0.773 bits per heavy atom. The molecule has 0 bridgehead atoms. The first-order valence-electron chi connectivity index (χ1n) is 8.00. The van der Waals surface area contributed by atoms with Crippen LogP contribution in [0.25, 0.3) is 0 Å². The van der Waals surface area contributed by atoms with Crippen molar-refractivity contribution in [2.24, 2.45) is 0 Å². The summed E-state index contributed by atoms with van der Waals surface area (Å²) in [5, 5.41) is 0. The van der Waals surface area contributed by atoms with Gasteiger partial charge in [-0.25, -0.2) is 0 Å². The lowest BCUT2D eigenvalue weighted by Gasteiger charge is -2.45. The molecule has 22 heavy (non-hydrogen) atoms. The summed E-state index contributed by atoms with van der Waals surface area (Å²) < 4.78 is 10.1. The van der Waals surface area contributed by atoms with E-state index in [9.17, 15) is 9.59 Å². The van der Waals surface area contributed by atoms with Crippen LogP contribution in [0.1, 0.15) is 69.2 Å². The van der Waals surface area contributed by atoms with Crippen molar-refractivity contribution < 1.29 is 19.1 Å². The summed E-state index contributed by atoms with van der Waals surface area (Å²) in [6, 6.07) is 0. The summed E-state index contributed by atoms with van der Waals surface area (Å²) >= 11 is 0. The molecule has 0 spiro atoms. The number of rotatable bonds is 6. The maximum atomic E-state index is 10.9. The number of nitrogens with zero attached hydrogens (tertiary/aromatic N) is 1. The second kappa shape index (κ2) is 12.4. The molecule has 0 fully saturated rings. The van der Waals surface area contributed by atoms with Gasteiger partial charge < -0.3 is 9.47 Å². The summed E-state index contributed by atoms with van der Waals surface area (Å²) in [4.78, 5) is 23.8. The Labute approximate surface area is 137 Å². The average molecular weight is 319 g/mol. The van der Waals surface area contributed by atoms with Crippen molar-refractivity contribution in [2.45, 2.75) is 80.3 Å². The molecule has 0 rings (SSSR count). The second-order valence-corrected chi connectivity index (χ2v) is 5.74. The van der Waals surface area contributed by atoms with E-state index in [0.29, 0.717) is 13.2 Å². The highest BCUT2D eigenvalue weighted by atomic mass is 16.5. The number of likely N-dealkylation sites (N-methyl/N-ethyl adjacent to an activating group) is 1. The van der Waals surface area contributed by atoms with Crippen LogP contribution in [0.2, 0.25) is 0 Å². The molecule has 0 aliphatic heterocycles. The van der Waals surface area contributed by atoms with E-state index in [0.717, 1.165) is 0 Å². The van der Waals surface area contributed by atoms with Crippen LogP contribution in [-0.2, 0) is 19.1 Å². The van der Waals surface area contributed by atoms with Crippen LogP contribution in [0.4, 0.5) is 0 Å². The van der Waals surface area contributed by atoms with E-state index in [2.05, 4.69) is 0 Å². The van der Waals surface area contributed by atoms with Gasteiger partial charge >= 0.3 is 11.9 Å². The highest BCUT2D eigenvalue weighted by Crippen LogP contribution is 2.24. The largest absolute Gasteiger partial charge is 0.464 e. The minimum atomic E-state index is -0.338. The zero-order valence-corrected chi connectivity index (χ0v) is 16.5. The smallest absolute Gasteiger partial charge is 0.302 e. The lowest BCUT2D eigenvalue weighted by molar-refractivity contribution is -0.150. The zero-order chi connectivity index (χ0) is 18.6. The molecule has 0 aromatic heterocycles. The molecule has 0 aromatic rings. The van der Waals surface area contributed by atoms with Gasteiger partial charge in [-0.2, -0.15) is 0 Å². The Balaban J connectivity index is -0.000000826. The van der Waals surface area contributed by atoms with Crippen LogP contribution in [0.15, 0.2) is 0 Å². The predicted molar refractivity (Wildman–Crippen MR) is 91.9 cm³/mol. The first kappa shape index (κ1) is 25.8. The van der Waals surface area contributed by atoms with Crippen LogP contribution < -0.4 is 0 Å². The van der Waals surface area contributed by atoms with E-state index >= 15 is 0 Å². The molecule has 134 valence electrons. The summed E-state index contributed by atoms with van der Waals surface area (Å²) in [5.74, 6) is -0.594. The van der Waals surface area contributed by atoms with Crippen LogP contribution >= 0.6 is 0 Å². The van der Waals surface area contributed by atoms with Crippen LogP contribution in [0, 0.1) is 0 Å². The van der Waals surface area contributed by atoms with Gasteiger partial charge in [0.25, 0.3) is 0 Å². The van der Waals surface area contributed by atoms with E-state index in [1.807, 2.05) is 67.3 Å². The number of carbonyl (C=O) groups is 2. The molecule has 0 atom stereocenters. The van der Waals surface area contributed by atoms with E-state index in [4.69, 9.17) is 9.47 Å². The monoisotopic (exact) mass is 319 g/mol. The Bertz CT molecular complexity index is 282. The molecule has 0 aliphatic carbocycles. The minimum Gasteiger partial charge on any atom is -0.464 e. The third-order valence-electron chi connectivity index (χ3n) is 3.07. The highest BCUT2D eigenvalue weighted by molar-refractivity contribution is 5.66. The van der Waals surface area contributed by atoms with Crippen molar-refractivity contribution in [1.82, 2.24) is 4.90 Å². The number of esters is 2. The highest BCUT2D eigenvalue weighted by Gasteiger charge is 2.36. The van der Waals surface area contributed by atoms with Crippen LogP contribution in [0.5, 0.6) is 0 Å². The molecular weight excluding hydrogens is 282 g/mol. The Morgan fingerprint density at radius 2 is 1.00 bits per heavy atom. The normalized spacial score (nSPS) is 10.7. The van der Waals surface area contributed by atoms with Crippen molar-refractivity contribution in [2.75, 3.05) is 20.3 Å². The quantitative estimate of drug-likeness (QED) is 0.699. The minimum absolute atomic E-state index is 0.294. The Morgan fingerprint density at radius 3 is 1.18 bits per heavy atom. The van der Waals surface area contributed by atoms with Crippen molar-refractivity contribution >= 4 is 11.9 Å². The molecule has 0 aromatic carbocycles. The topological polar surface area (TPSA) is 55.8 Å². The van der Waals surface area contributed by atoms with Gasteiger partial charge in [-0.15, -0.1) is 0 Å². The molecular formula is C17H37NO4. The average Bonchev–Trinajstić information content (AvgIpc) is 2.46. The van der Waals surface area contributed by atoms with Gasteiger partial charge in [-0.1, -0.05) is 27.7 Å². The maximum absolute atomic E-state index is 10.9. The fourth-order valence-corrected chi connectivity index (χ4v) is 1.57. The van der Waals surface area contributed by atoms with Gasteiger partial charge in [0, 0.05) is 24.9 Å². The third kappa shape index (κ3) is 11.5. The molecule has 0 heterocycles. The molecule has 0 amide bonds. The summed E-state index contributed by atoms with van der Waals surface area (Å²) in [6.45, 7) is 19.3. The van der Waals surface area contributed by atoms with Gasteiger partial charge in [0.15, 0.2) is 0 Å². The molecule has 5 heteroatoms. The van der Waals surface area contributed by atoms with Gasteiger partial charge in [0.1, 0.15) is 13.2 Å². The molecule has 5 nitrogen and oxygen atoms in total. The number of hydrogen-bond acceptors (Lipinski definition) is 5. The number of hydrogen-bond donors (Lipinski definition) is 0. The third-order valence-corrected chi connectivity index (χ3v) is 3.07. The van der Waals surface area contributed by atoms with Crippen molar-refractivity contribution in [1.29, 1.82) is 0 Å². The van der Waals surface area contributed by atoms with E-state index < -0.39 is 0 Å². The fourth-order valence-electron chi connectivity index (χ4n) is 1.57. The molecule has 0 radical (unpaired) electrons. The fraction of sp³-hybridized carbons (Fsp3) is 0.882. The summed E-state index contributed by atoms with van der Waals surface area (Å²) in [5.41, 5.74) is -0.676. The SMILES string of the molecule is CC.CC.CC(=O)OCC(C)(C)N(C)C(C)(C)COC(C)=O. The van der Waals surface area contributed by atoms with Crippen molar-refractivity contribution in [3.8, 4) is 0 Å². The van der Waals surface area contributed by atoms with Gasteiger partial charge in [-0.05, 0) is 34.7 Å². The molecule has 0 aliphatic rings. The summed E-state index contributed by atoms with van der Waals surface area (Å²) in [6.07, 6.45) is 0. The van der Waals surface area contributed by atoms with Crippen LogP contribution in [0.3, 0.4) is 0 Å². The van der Waals surface area contributed by atoms with Gasteiger partial charge in [0.2, 0.25) is 0 Å². The molecule has 0 N–H and O–H groups in total. The first-order valence-corrected chi connectivity index (χ1v) is 8.00. The van der Waals surface area contributed by atoms with E-state index in [-0.39, 0.29) is 23.0 Å². The van der Waals surface area contributed by atoms with Crippen molar-refractivity contribution in [3.63, 3.8) is 0 Å². The standard InChI is InChI=1S/C13H25NO4.2C2H6/c1-10(15)17-8-12(3,4)14(7)13(5,6)9-18-11(2)16;2*1-2/h8-9H2,1-7H3;2*1-2H3. The zero-order valence-electron chi connectivity index (χ0n) is 16.5. The molecule has 0 unspecified atom stereocenters. The molecule has 0 saturated heterocycles. The molecule has 0 saturated carbocycles. The number of ether oxygens (including phenoxy) is 2. The van der Waals surface area contributed by atoms with Crippen LogP contribution in [-0.4, -0.2) is 48.2 Å². The Kier molecular flexibility index (Phi) is 14.6. The van der Waals surface area contributed by atoms with Gasteiger partial charge in [-0.3, -0.25) is 14.5 Å². The van der Waals surface area contributed by atoms with Crippen molar-refractivity contribution in [3.05, 3.63) is 0 Å². The predicted octanol–water partition coefficient (Wildman–Crippen LogP) is 3.65. The first-order chi connectivity index (χ1) is 9.99. The van der Waals surface area contributed by atoms with Gasteiger partial charge in [0.05, 0.1) is 0 Å². The van der Waals surface area contributed by atoms with E-state index in [1.165, 1.54) is 13.8 Å². The lowest BCUT2D eigenvalue weighted by Crippen LogP contribution is -2.57.